The summed E-state index contributed by atoms with van der Waals surface area (Å²) in [7, 11) is 4.13. The highest BCUT2D eigenvalue weighted by molar-refractivity contribution is 5.75. The molecular weight excluding hydrogens is 228 g/mol. The molecule has 1 unspecified atom stereocenters. The van der Waals surface area contributed by atoms with E-state index in [9.17, 15) is 4.79 Å². The van der Waals surface area contributed by atoms with E-state index in [1.807, 2.05) is 6.92 Å². The lowest BCUT2D eigenvalue weighted by Crippen LogP contribution is -2.45. The average molecular weight is 258 g/mol. The molecule has 0 aromatic carbocycles. The smallest absolute Gasteiger partial charge is 0.323 e. The zero-order valence-corrected chi connectivity index (χ0v) is 12.9. The summed E-state index contributed by atoms with van der Waals surface area (Å²) in [6.07, 6.45) is 1.81. The number of hydrogen-bond acceptors (Lipinski definition) is 4. The summed E-state index contributed by atoms with van der Waals surface area (Å²) < 4.78 is 5.09. The van der Waals surface area contributed by atoms with Crippen LogP contribution >= 0.6 is 0 Å². The lowest BCUT2D eigenvalue weighted by molar-refractivity contribution is -0.146. The molecule has 0 amide bonds. The molecule has 0 aliphatic carbocycles. The standard InChI is InChI=1S/C14H30N2O2/c1-7-9-12(13(17)18-8-2)15-10-14(3,4)11-16(5)6/h12,15H,7-11H2,1-6H3. The molecule has 0 radical (unpaired) electrons. The molecule has 0 heterocycles. The Morgan fingerprint density at radius 3 is 2.39 bits per heavy atom. The quantitative estimate of drug-likeness (QED) is 0.641. The number of carbonyl (C=O) groups excluding carboxylic acids is 1. The maximum absolute atomic E-state index is 11.8. The molecule has 0 aromatic heterocycles. The van der Waals surface area contributed by atoms with Gasteiger partial charge in [-0.3, -0.25) is 4.79 Å². The van der Waals surface area contributed by atoms with Gasteiger partial charge in [0, 0.05) is 13.1 Å². The van der Waals surface area contributed by atoms with Gasteiger partial charge in [-0.25, -0.2) is 0 Å². The Hall–Kier alpha value is -0.610. The highest BCUT2D eigenvalue weighted by atomic mass is 16.5. The average Bonchev–Trinajstić information content (AvgIpc) is 2.22. The summed E-state index contributed by atoms with van der Waals surface area (Å²) in [4.78, 5) is 13.9. The van der Waals surface area contributed by atoms with Gasteiger partial charge in [0.2, 0.25) is 0 Å². The summed E-state index contributed by atoms with van der Waals surface area (Å²) in [6, 6.07) is -0.170. The predicted molar refractivity (Wildman–Crippen MR) is 75.7 cm³/mol. The Bertz CT molecular complexity index is 240. The fourth-order valence-corrected chi connectivity index (χ4v) is 2.15. The number of carbonyl (C=O) groups is 1. The number of nitrogens with one attached hydrogen (secondary N) is 1. The van der Waals surface area contributed by atoms with E-state index in [-0.39, 0.29) is 17.4 Å². The van der Waals surface area contributed by atoms with Crippen LogP contribution in [0, 0.1) is 5.41 Å². The van der Waals surface area contributed by atoms with Crippen LogP contribution in [-0.2, 0) is 9.53 Å². The van der Waals surface area contributed by atoms with Crippen LogP contribution in [0.3, 0.4) is 0 Å². The number of hydrogen-bond donors (Lipinski definition) is 1. The Morgan fingerprint density at radius 2 is 1.94 bits per heavy atom. The SMILES string of the molecule is CCCC(NCC(C)(C)CN(C)C)C(=O)OCC. The molecule has 18 heavy (non-hydrogen) atoms. The maximum Gasteiger partial charge on any atom is 0.323 e. The number of ether oxygens (including phenoxy) is 1. The first-order valence-electron chi connectivity index (χ1n) is 6.87. The van der Waals surface area contributed by atoms with Gasteiger partial charge in [-0.05, 0) is 32.9 Å². The topological polar surface area (TPSA) is 41.6 Å². The van der Waals surface area contributed by atoms with Gasteiger partial charge in [0.1, 0.15) is 6.04 Å². The fourth-order valence-electron chi connectivity index (χ4n) is 2.15. The van der Waals surface area contributed by atoms with Gasteiger partial charge in [-0.15, -0.1) is 0 Å². The summed E-state index contributed by atoms with van der Waals surface area (Å²) in [5.41, 5.74) is 0.141. The van der Waals surface area contributed by atoms with Crippen molar-refractivity contribution >= 4 is 5.97 Å². The van der Waals surface area contributed by atoms with Gasteiger partial charge >= 0.3 is 5.97 Å². The Kier molecular flexibility index (Phi) is 8.20. The molecule has 0 spiro atoms. The van der Waals surface area contributed by atoms with E-state index in [0.717, 1.165) is 25.9 Å². The first-order valence-corrected chi connectivity index (χ1v) is 6.87. The Morgan fingerprint density at radius 1 is 1.33 bits per heavy atom. The second kappa shape index (κ2) is 8.48. The molecule has 0 aliphatic rings. The van der Waals surface area contributed by atoms with Gasteiger partial charge in [-0.2, -0.15) is 0 Å². The van der Waals surface area contributed by atoms with E-state index in [4.69, 9.17) is 4.74 Å². The van der Waals surface area contributed by atoms with E-state index in [1.165, 1.54) is 0 Å². The molecule has 1 atom stereocenters. The van der Waals surface area contributed by atoms with Crippen LogP contribution in [0.25, 0.3) is 0 Å². The highest BCUT2D eigenvalue weighted by Crippen LogP contribution is 2.15. The minimum atomic E-state index is -0.170. The van der Waals surface area contributed by atoms with Crippen LogP contribution in [-0.4, -0.2) is 50.7 Å². The lowest BCUT2D eigenvalue weighted by Gasteiger charge is -2.30. The molecule has 108 valence electrons. The molecule has 1 N–H and O–H groups in total. The van der Waals surface area contributed by atoms with Crippen molar-refractivity contribution in [2.75, 3.05) is 33.8 Å². The fraction of sp³-hybridized carbons (Fsp3) is 0.929. The summed E-state index contributed by atoms with van der Waals surface area (Å²) in [5.74, 6) is -0.125. The second-order valence-electron chi connectivity index (χ2n) is 5.88. The molecule has 0 aromatic rings. The Balaban J connectivity index is 4.29. The van der Waals surface area contributed by atoms with Crippen molar-refractivity contribution in [3.8, 4) is 0 Å². The van der Waals surface area contributed by atoms with Crippen LogP contribution in [0.1, 0.15) is 40.5 Å². The van der Waals surface area contributed by atoms with E-state index in [2.05, 4.69) is 45.1 Å². The first-order chi connectivity index (χ1) is 8.32. The maximum atomic E-state index is 11.8. The highest BCUT2D eigenvalue weighted by Gasteiger charge is 2.24. The monoisotopic (exact) mass is 258 g/mol. The van der Waals surface area contributed by atoms with Crippen LogP contribution in [0.4, 0.5) is 0 Å². The molecule has 0 rings (SSSR count). The first kappa shape index (κ1) is 17.4. The minimum Gasteiger partial charge on any atom is -0.465 e. The van der Waals surface area contributed by atoms with Crippen molar-refractivity contribution in [1.29, 1.82) is 0 Å². The molecular formula is C14H30N2O2. The van der Waals surface area contributed by atoms with Gasteiger partial charge < -0.3 is 15.0 Å². The summed E-state index contributed by atoms with van der Waals surface area (Å²) in [6.45, 7) is 10.6. The van der Waals surface area contributed by atoms with Crippen LogP contribution in [0.5, 0.6) is 0 Å². The number of nitrogens with zero attached hydrogens (tertiary/aromatic N) is 1. The molecule has 4 heteroatoms. The van der Waals surface area contributed by atoms with Crippen molar-refractivity contribution in [3.63, 3.8) is 0 Å². The third kappa shape index (κ3) is 7.67. The molecule has 0 fully saturated rings. The van der Waals surface area contributed by atoms with Crippen LogP contribution in [0.15, 0.2) is 0 Å². The lowest BCUT2D eigenvalue weighted by atomic mass is 9.92. The number of rotatable bonds is 9. The molecule has 0 saturated carbocycles. The molecule has 4 nitrogen and oxygen atoms in total. The minimum absolute atomic E-state index is 0.125. The van der Waals surface area contributed by atoms with E-state index in [0.29, 0.717) is 6.61 Å². The van der Waals surface area contributed by atoms with Crippen molar-refractivity contribution in [2.24, 2.45) is 5.41 Å². The summed E-state index contributed by atoms with van der Waals surface area (Å²) in [5, 5.41) is 3.35. The van der Waals surface area contributed by atoms with E-state index in [1.54, 1.807) is 0 Å². The summed E-state index contributed by atoms with van der Waals surface area (Å²) >= 11 is 0. The van der Waals surface area contributed by atoms with Crippen LogP contribution in [0.2, 0.25) is 0 Å². The van der Waals surface area contributed by atoms with Gasteiger partial charge in [0.15, 0.2) is 0 Å². The van der Waals surface area contributed by atoms with Gasteiger partial charge in [0.25, 0.3) is 0 Å². The predicted octanol–water partition coefficient (Wildman–Crippen LogP) is 1.90. The van der Waals surface area contributed by atoms with Crippen molar-refractivity contribution < 1.29 is 9.53 Å². The normalized spacial score (nSPS) is 13.7. The number of esters is 1. The zero-order chi connectivity index (χ0) is 14.2. The van der Waals surface area contributed by atoms with Crippen molar-refractivity contribution in [1.82, 2.24) is 10.2 Å². The second-order valence-corrected chi connectivity index (χ2v) is 5.88. The van der Waals surface area contributed by atoms with E-state index >= 15 is 0 Å². The van der Waals surface area contributed by atoms with Crippen molar-refractivity contribution in [2.45, 2.75) is 46.6 Å². The van der Waals surface area contributed by atoms with Gasteiger partial charge in [-0.1, -0.05) is 27.2 Å². The zero-order valence-electron chi connectivity index (χ0n) is 12.9. The third-order valence-electron chi connectivity index (χ3n) is 2.72. The van der Waals surface area contributed by atoms with E-state index < -0.39 is 0 Å². The van der Waals surface area contributed by atoms with Gasteiger partial charge in [0.05, 0.1) is 6.61 Å². The molecule has 0 aliphatic heterocycles. The third-order valence-corrected chi connectivity index (χ3v) is 2.72. The molecule has 0 saturated heterocycles. The van der Waals surface area contributed by atoms with Crippen LogP contribution < -0.4 is 5.32 Å². The molecule has 0 bridgehead atoms. The largest absolute Gasteiger partial charge is 0.465 e. The van der Waals surface area contributed by atoms with Crippen molar-refractivity contribution in [3.05, 3.63) is 0 Å². The Labute approximate surface area is 112 Å².